The van der Waals surface area contributed by atoms with Gasteiger partial charge in [-0.3, -0.25) is 4.79 Å². The minimum absolute atomic E-state index is 0.139. The van der Waals surface area contributed by atoms with E-state index < -0.39 is 0 Å². The summed E-state index contributed by atoms with van der Waals surface area (Å²) in [5.74, 6) is -0.139. The van der Waals surface area contributed by atoms with Crippen molar-refractivity contribution in [3.8, 4) is 5.69 Å². The summed E-state index contributed by atoms with van der Waals surface area (Å²) in [7, 11) is 0. The molecule has 2 heterocycles. The normalized spacial score (nSPS) is 11.0. The van der Waals surface area contributed by atoms with Crippen molar-refractivity contribution in [2.75, 3.05) is 5.32 Å². The number of carbonyl (C=O) groups excluding carboxylic acids is 1. The maximum absolute atomic E-state index is 12.7. The number of amides is 1. The Hall–Kier alpha value is -3.41. The van der Waals surface area contributed by atoms with E-state index in [1.807, 2.05) is 49.4 Å². The number of fused-ring (bicyclic) bond motifs is 1. The second-order valence-corrected chi connectivity index (χ2v) is 5.94. The lowest BCUT2D eigenvalue weighted by atomic mass is 10.1. The topological polar surface area (TPSA) is 75.6 Å². The monoisotopic (exact) mass is 331 g/mol. The molecule has 0 aliphatic heterocycles. The molecule has 0 fully saturated rings. The Morgan fingerprint density at radius 2 is 1.92 bits per heavy atom. The van der Waals surface area contributed by atoms with Gasteiger partial charge in [0.15, 0.2) is 0 Å². The Balaban J connectivity index is 1.61. The molecule has 6 heteroatoms. The van der Waals surface area contributed by atoms with E-state index in [2.05, 4.69) is 27.3 Å². The number of nitrogens with one attached hydrogen (secondary N) is 2. The van der Waals surface area contributed by atoms with Crippen LogP contribution in [0.1, 0.15) is 21.6 Å². The molecule has 2 aromatic heterocycles. The smallest absolute Gasteiger partial charge is 0.257 e. The van der Waals surface area contributed by atoms with Gasteiger partial charge in [-0.05, 0) is 49.7 Å². The zero-order valence-electron chi connectivity index (χ0n) is 13.9. The fourth-order valence-corrected chi connectivity index (χ4v) is 2.91. The van der Waals surface area contributed by atoms with Crippen molar-refractivity contribution >= 4 is 22.5 Å². The number of benzene rings is 2. The maximum atomic E-state index is 12.7. The quantitative estimate of drug-likeness (QED) is 0.602. The first-order valence-electron chi connectivity index (χ1n) is 7.98. The van der Waals surface area contributed by atoms with Gasteiger partial charge in [0.1, 0.15) is 12.7 Å². The van der Waals surface area contributed by atoms with Crippen molar-refractivity contribution < 1.29 is 4.79 Å². The lowest BCUT2D eigenvalue weighted by molar-refractivity contribution is 0.102. The van der Waals surface area contributed by atoms with E-state index >= 15 is 0 Å². The molecule has 0 aliphatic carbocycles. The summed E-state index contributed by atoms with van der Waals surface area (Å²) in [6.45, 7) is 4.07. The predicted molar refractivity (Wildman–Crippen MR) is 97.1 cm³/mol. The number of aryl methyl sites for hydroxylation is 2. The van der Waals surface area contributed by atoms with Crippen molar-refractivity contribution in [1.82, 2.24) is 19.7 Å². The lowest BCUT2D eigenvalue weighted by Crippen LogP contribution is -2.12. The summed E-state index contributed by atoms with van der Waals surface area (Å²) in [4.78, 5) is 19.9. The van der Waals surface area contributed by atoms with Gasteiger partial charge in [0, 0.05) is 16.8 Å². The van der Waals surface area contributed by atoms with Crippen molar-refractivity contribution in [2.45, 2.75) is 13.8 Å². The molecule has 0 aliphatic rings. The number of rotatable bonds is 3. The van der Waals surface area contributed by atoms with Crippen LogP contribution in [-0.4, -0.2) is 25.7 Å². The highest BCUT2D eigenvalue weighted by Crippen LogP contribution is 2.25. The van der Waals surface area contributed by atoms with Crippen LogP contribution in [0.4, 0.5) is 5.69 Å². The zero-order valence-corrected chi connectivity index (χ0v) is 13.9. The second-order valence-electron chi connectivity index (χ2n) is 5.94. The van der Waals surface area contributed by atoms with E-state index in [9.17, 15) is 4.79 Å². The van der Waals surface area contributed by atoms with Crippen molar-refractivity contribution in [2.24, 2.45) is 0 Å². The molecule has 4 aromatic rings. The van der Waals surface area contributed by atoms with Crippen molar-refractivity contribution in [3.63, 3.8) is 0 Å². The van der Waals surface area contributed by atoms with Gasteiger partial charge in [-0.1, -0.05) is 12.1 Å². The minimum atomic E-state index is -0.139. The molecule has 0 spiro atoms. The summed E-state index contributed by atoms with van der Waals surface area (Å²) < 4.78 is 1.66. The molecule has 25 heavy (non-hydrogen) atoms. The number of hydrogen-bond acceptors (Lipinski definition) is 3. The van der Waals surface area contributed by atoms with Gasteiger partial charge in [-0.15, -0.1) is 0 Å². The standard InChI is InChI=1S/C19H17N5O/c1-12-13(2)22-18-16(12)4-3-5-17(18)19(25)23-14-6-8-15(9-7-14)24-11-20-10-21-24/h3-11,22H,1-2H3,(H,23,25). The number of para-hydroxylation sites is 1. The van der Waals surface area contributed by atoms with Gasteiger partial charge < -0.3 is 10.3 Å². The lowest BCUT2D eigenvalue weighted by Gasteiger charge is -2.07. The third-order valence-corrected chi connectivity index (χ3v) is 4.40. The number of aromatic amines is 1. The first kappa shape index (κ1) is 15.1. The van der Waals surface area contributed by atoms with Crippen molar-refractivity contribution in [1.29, 1.82) is 0 Å². The number of H-pyrrole nitrogens is 1. The highest BCUT2D eigenvalue weighted by atomic mass is 16.1. The largest absolute Gasteiger partial charge is 0.358 e. The molecule has 0 radical (unpaired) electrons. The second kappa shape index (κ2) is 5.90. The number of aromatic nitrogens is 4. The zero-order chi connectivity index (χ0) is 17.4. The van der Waals surface area contributed by atoms with Crippen LogP contribution < -0.4 is 5.32 Å². The number of hydrogen-bond donors (Lipinski definition) is 2. The third kappa shape index (κ3) is 2.67. The van der Waals surface area contributed by atoms with Crippen LogP contribution >= 0.6 is 0 Å². The van der Waals surface area contributed by atoms with Crippen LogP contribution in [0.3, 0.4) is 0 Å². The van der Waals surface area contributed by atoms with Crippen LogP contribution in [0.5, 0.6) is 0 Å². The van der Waals surface area contributed by atoms with Gasteiger partial charge in [-0.2, -0.15) is 5.10 Å². The Labute approximate surface area is 144 Å². The molecule has 4 rings (SSSR count). The Bertz CT molecular complexity index is 1050. The van der Waals surface area contributed by atoms with Gasteiger partial charge in [0.2, 0.25) is 0 Å². The molecule has 6 nitrogen and oxygen atoms in total. The van der Waals surface area contributed by atoms with Crippen LogP contribution in [0.25, 0.3) is 16.6 Å². The molecular weight excluding hydrogens is 314 g/mol. The molecule has 2 N–H and O–H groups in total. The Morgan fingerprint density at radius 3 is 2.64 bits per heavy atom. The number of carbonyl (C=O) groups is 1. The van der Waals surface area contributed by atoms with Crippen LogP contribution in [0.15, 0.2) is 55.1 Å². The van der Waals surface area contributed by atoms with Gasteiger partial charge >= 0.3 is 0 Å². The van der Waals surface area contributed by atoms with E-state index in [4.69, 9.17) is 0 Å². The van der Waals surface area contributed by atoms with Gasteiger partial charge in [-0.25, -0.2) is 9.67 Å². The first-order chi connectivity index (χ1) is 12.1. The summed E-state index contributed by atoms with van der Waals surface area (Å²) in [5.41, 5.74) is 5.36. The fraction of sp³-hybridized carbons (Fsp3) is 0.105. The molecule has 0 unspecified atom stereocenters. The SMILES string of the molecule is Cc1[nH]c2c(C(=O)Nc3ccc(-n4cncn4)cc3)cccc2c1C. The maximum Gasteiger partial charge on any atom is 0.257 e. The van der Waals surface area contributed by atoms with E-state index in [-0.39, 0.29) is 5.91 Å². The number of nitrogens with zero attached hydrogens (tertiary/aromatic N) is 3. The van der Waals surface area contributed by atoms with Crippen molar-refractivity contribution in [3.05, 3.63) is 71.9 Å². The average molecular weight is 331 g/mol. The van der Waals surface area contributed by atoms with Crippen LogP contribution in [0, 0.1) is 13.8 Å². The van der Waals surface area contributed by atoms with Crippen LogP contribution in [-0.2, 0) is 0 Å². The summed E-state index contributed by atoms with van der Waals surface area (Å²) in [5, 5.41) is 8.11. The molecular formula is C19H17N5O. The molecule has 0 atom stereocenters. The van der Waals surface area contributed by atoms with Gasteiger partial charge in [0.25, 0.3) is 5.91 Å². The predicted octanol–water partition coefficient (Wildman–Crippen LogP) is 3.62. The van der Waals surface area contributed by atoms with E-state index in [0.29, 0.717) is 5.56 Å². The molecule has 1 amide bonds. The summed E-state index contributed by atoms with van der Waals surface area (Å²) in [6.07, 6.45) is 3.11. The third-order valence-electron chi connectivity index (χ3n) is 4.40. The van der Waals surface area contributed by atoms with Gasteiger partial charge in [0.05, 0.1) is 16.8 Å². The Morgan fingerprint density at radius 1 is 1.12 bits per heavy atom. The molecule has 0 saturated carbocycles. The highest BCUT2D eigenvalue weighted by Gasteiger charge is 2.14. The molecule has 0 saturated heterocycles. The summed E-state index contributed by atoms with van der Waals surface area (Å²) in [6, 6.07) is 13.2. The van der Waals surface area contributed by atoms with Crippen LogP contribution in [0.2, 0.25) is 0 Å². The van der Waals surface area contributed by atoms with E-state index in [1.165, 1.54) is 11.9 Å². The molecule has 124 valence electrons. The van der Waals surface area contributed by atoms with E-state index in [1.54, 1.807) is 11.0 Å². The highest BCUT2D eigenvalue weighted by molar-refractivity contribution is 6.12. The number of anilines is 1. The minimum Gasteiger partial charge on any atom is -0.358 e. The first-order valence-corrected chi connectivity index (χ1v) is 7.98. The fourth-order valence-electron chi connectivity index (χ4n) is 2.91. The average Bonchev–Trinajstić information content (AvgIpc) is 3.25. The Kier molecular flexibility index (Phi) is 3.57. The van der Waals surface area contributed by atoms with E-state index in [0.717, 1.165) is 28.0 Å². The molecule has 0 bridgehead atoms. The summed E-state index contributed by atoms with van der Waals surface area (Å²) >= 11 is 0. The molecule has 2 aromatic carbocycles.